The Morgan fingerprint density at radius 2 is 1.89 bits per heavy atom. The van der Waals surface area contributed by atoms with Gasteiger partial charge in [0, 0.05) is 24.4 Å². The number of aliphatic hydroxyl groups is 1. The minimum absolute atomic E-state index is 0.202. The monoisotopic (exact) mass is 293 g/mol. The zero-order valence-corrected chi connectivity index (χ0v) is 13.7. The van der Waals surface area contributed by atoms with E-state index in [4.69, 9.17) is 9.47 Å². The van der Waals surface area contributed by atoms with Gasteiger partial charge >= 0.3 is 0 Å². The first kappa shape index (κ1) is 19.2. The number of thioether (sulfide) groups is 1. The predicted molar refractivity (Wildman–Crippen MR) is 83.0 cm³/mol. The van der Waals surface area contributed by atoms with Crippen LogP contribution >= 0.6 is 11.8 Å². The van der Waals surface area contributed by atoms with Crippen LogP contribution in [0.15, 0.2) is 0 Å². The third-order valence-electron chi connectivity index (χ3n) is 2.81. The molecule has 0 aromatic carbocycles. The van der Waals surface area contributed by atoms with E-state index in [2.05, 4.69) is 32.3 Å². The first-order valence-electron chi connectivity index (χ1n) is 7.11. The van der Waals surface area contributed by atoms with Gasteiger partial charge in [-0.2, -0.15) is 11.8 Å². The van der Waals surface area contributed by atoms with E-state index in [1.807, 2.05) is 11.8 Å². The maximum absolute atomic E-state index is 9.72. The van der Waals surface area contributed by atoms with Crippen molar-refractivity contribution in [1.82, 2.24) is 5.32 Å². The number of aliphatic hydroxyl groups excluding tert-OH is 1. The van der Waals surface area contributed by atoms with E-state index in [-0.39, 0.29) is 4.75 Å². The fraction of sp³-hybridized carbons (Fsp3) is 1.00. The highest BCUT2D eigenvalue weighted by Crippen LogP contribution is 2.19. The lowest BCUT2D eigenvalue weighted by Gasteiger charge is -2.23. The van der Waals surface area contributed by atoms with Crippen LogP contribution in [0, 0.1) is 0 Å². The molecule has 0 fully saturated rings. The molecule has 0 spiro atoms. The van der Waals surface area contributed by atoms with E-state index < -0.39 is 6.10 Å². The van der Waals surface area contributed by atoms with Gasteiger partial charge in [-0.05, 0) is 26.5 Å². The Balaban J connectivity index is 3.33. The molecule has 0 aromatic rings. The molecule has 0 saturated carbocycles. The van der Waals surface area contributed by atoms with Gasteiger partial charge in [0.05, 0.1) is 25.9 Å². The number of nitrogens with one attached hydrogen (secondary N) is 1. The molecule has 0 amide bonds. The molecular weight excluding hydrogens is 262 g/mol. The molecule has 0 aliphatic carbocycles. The second kappa shape index (κ2) is 12.0. The molecule has 0 rings (SSSR count). The summed E-state index contributed by atoms with van der Waals surface area (Å²) in [5.74, 6) is 0. The van der Waals surface area contributed by atoms with Crippen molar-refractivity contribution in [2.75, 3.05) is 45.8 Å². The van der Waals surface area contributed by atoms with Crippen LogP contribution in [0.2, 0.25) is 0 Å². The molecule has 0 heterocycles. The van der Waals surface area contributed by atoms with Crippen molar-refractivity contribution < 1.29 is 14.6 Å². The number of hydrogen-bond acceptors (Lipinski definition) is 5. The van der Waals surface area contributed by atoms with Crippen LogP contribution in [0.5, 0.6) is 0 Å². The molecule has 4 nitrogen and oxygen atoms in total. The Bertz CT molecular complexity index is 203. The number of unbranched alkanes of at least 4 members (excludes halogenated alkanes) is 1. The van der Waals surface area contributed by atoms with Crippen molar-refractivity contribution in [3.8, 4) is 0 Å². The molecule has 0 bridgehead atoms. The average molecular weight is 293 g/mol. The third kappa shape index (κ3) is 12.9. The first-order valence-corrected chi connectivity index (χ1v) is 8.33. The molecule has 0 aromatic heterocycles. The Morgan fingerprint density at radius 1 is 1.21 bits per heavy atom. The molecule has 2 N–H and O–H groups in total. The minimum atomic E-state index is -0.451. The van der Waals surface area contributed by atoms with Gasteiger partial charge in [0.15, 0.2) is 0 Å². The lowest BCUT2D eigenvalue weighted by molar-refractivity contribution is 0.00389. The topological polar surface area (TPSA) is 50.7 Å². The van der Waals surface area contributed by atoms with Gasteiger partial charge in [0.2, 0.25) is 0 Å². The smallest absolute Gasteiger partial charge is 0.0897 e. The Hall–Kier alpha value is 0.190. The average Bonchev–Trinajstić information content (AvgIpc) is 2.37. The van der Waals surface area contributed by atoms with Crippen molar-refractivity contribution in [3.05, 3.63) is 0 Å². The maximum Gasteiger partial charge on any atom is 0.0897 e. The summed E-state index contributed by atoms with van der Waals surface area (Å²) in [5.41, 5.74) is 0. The lowest BCUT2D eigenvalue weighted by atomic mass is 10.2. The fourth-order valence-corrected chi connectivity index (χ4v) is 1.60. The standard InChI is InChI=1S/C14H31NO3S/c1-5-6-7-17-8-9-18-11-13(16)10-15-12-14(2,3)19-4/h13,15-16H,5-12H2,1-4H3. The second-order valence-electron chi connectivity index (χ2n) is 5.29. The third-order valence-corrected chi connectivity index (χ3v) is 4.06. The van der Waals surface area contributed by atoms with Crippen molar-refractivity contribution >= 4 is 11.8 Å². The summed E-state index contributed by atoms with van der Waals surface area (Å²) in [6.07, 6.45) is 3.89. The fourth-order valence-electron chi connectivity index (χ4n) is 1.36. The highest BCUT2D eigenvalue weighted by Gasteiger charge is 2.15. The van der Waals surface area contributed by atoms with Crippen LogP contribution in [0.1, 0.15) is 33.6 Å². The van der Waals surface area contributed by atoms with E-state index in [1.165, 1.54) is 0 Å². The van der Waals surface area contributed by atoms with Crippen LogP contribution in [-0.2, 0) is 9.47 Å². The predicted octanol–water partition coefficient (Wildman–Crippen LogP) is 1.91. The van der Waals surface area contributed by atoms with Crippen LogP contribution < -0.4 is 5.32 Å². The molecule has 0 radical (unpaired) electrons. The largest absolute Gasteiger partial charge is 0.389 e. The van der Waals surface area contributed by atoms with Gasteiger partial charge in [-0.3, -0.25) is 0 Å². The quantitative estimate of drug-likeness (QED) is 0.508. The molecule has 0 aliphatic heterocycles. The second-order valence-corrected chi connectivity index (χ2v) is 6.80. The molecular formula is C14H31NO3S. The summed E-state index contributed by atoms with van der Waals surface area (Å²) in [5, 5.41) is 13.0. The highest BCUT2D eigenvalue weighted by molar-refractivity contribution is 7.99. The van der Waals surface area contributed by atoms with Crippen LogP contribution in [0.25, 0.3) is 0 Å². The number of rotatable bonds is 13. The van der Waals surface area contributed by atoms with Crippen LogP contribution in [-0.4, -0.2) is 61.7 Å². The molecule has 116 valence electrons. The summed E-state index contributed by atoms with van der Waals surface area (Å²) in [6.45, 7) is 10.3. The van der Waals surface area contributed by atoms with Gasteiger partial charge in [0.25, 0.3) is 0 Å². The Kier molecular flexibility index (Phi) is 12.1. The summed E-state index contributed by atoms with van der Waals surface area (Å²) < 4.78 is 10.9. The van der Waals surface area contributed by atoms with Crippen LogP contribution in [0.3, 0.4) is 0 Å². The zero-order valence-electron chi connectivity index (χ0n) is 12.9. The van der Waals surface area contributed by atoms with E-state index in [0.29, 0.717) is 26.4 Å². The van der Waals surface area contributed by atoms with Crippen molar-refractivity contribution in [3.63, 3.8) is 0 Å². The molecule has 19 heavy (non-hydrogen) atoms. The van der Waals surface area contributed by atoms with E-state index in [0.717, 1.165) is 26.0 Å². The van der Waals surface area contributed by atoms with E-state index >= 15 is 0 Å². The van der Waals surface area contributed by atoms with Gasteiger partial charge in [-0.15, -0.1) is 0 Å². The van der Waals surface area contributed by atoms with Crippen molar-refractivity contribution in [2.24, 2.45) is 0 Å². The zero-order chi connectivity index (χ0) is 14.6. The number of ether oxygens (including phenoxy) is 2. The Labute approximate surface area is 122 Å². The van der Waals surface area contributed by atoms with Gasteiger partial charge < -0.3 is 19.9 Å². The van der Waals surface area contributed by atoms with E-state index in [1.54, 1.807) is 0 Å². The summed E-state index contributed by atoms with van der Waals surface area (Å²) in [4.78, 5) is 0. The first-order chi connectivity index (χ1) is 9.02. The molecule has 1 unspecified atom stereocenters. The molecule has 1 atom stereocenters. The molecule has 0 saturated heterocycles. The number of hydrogen-bond donors (Lipinski definition) is 2. The van der Waals surface area contributed by atoms with Gasteiger partial charge in [-0.25, -0.2) is 0 Å². The molecule has 5 heteroatoms. The maximum atomic E-state index is 9.72. The van der Waals surface area contributed by atoms with Gasteiger partial charge in [-0.1, -0.05) is 13.3 Å². The molecule has 0 aliphatic rings. The summed E-state index contributed by atoms with van der Waals surface area (Å²) in [7, 11) is 0. The Morgan fingerprint density at radius 3 is 2.53 bits per heavy atom. The summed E-state index contributed by atoms with van der Waals surface area (Å²) in [6, 6.07) is 0. The van der Waals surface area contributed by atoms with Gasteiger partial charge in [0.1, 0.15) is 0 Å². The highest BCUT2D eigenvalue weighted by atomic mass is 32.2. The SMILES string of the molecule is CCCCOCCOCC(O)CNCC(C)(C)SC. The van der Waals surface area contributed by atoms with Crippen LogP contribution in [0.4, 0.5) is 0 Å². The lowest BCUT2D eigenvalue weighted by Crippen LogP contribution is -2.38. The minimum Gasteiger partial charge on any atom is -0.389 e. The summed E-state index contributed by atoms with van der Waals surface area (Å²) >= 11 is 1.82. The van der Waals surface area contributed by atoms with Crippen molar-refractivity contribution in [1.29, 1.82) is 0 Å². The van der Waals surface area contributed by atoms with Crippen molar-refractivity contribution in [2.45, 2.75) is 44.5 Å². The van der Waals surface area contributed by atoms with E-state index in [9.17, 15) is 5.11 Å². The normalized spacial score (nSPS) is 13.7.